The molecule has 1 amide bonds. The number of ether oxygens (including phenoxy) is 1. The van der Waals surface area contributed by atoms with Gasteiger partial charge in [-0.2, -0.15) is 5.10 Å². The van der Waals surface area contributed by atoms with Crippen molar-refractivity contribution >= 4 is 5.91 Å². The van der Waals surface area contributed by atoms with Crippen LogP contribution in [0, 0.1) is 0 Å². The Balaban J connectivity index is 1.72. The van der Waals surface area contributed by atoms with Gasteiger partial charge in [0.05, 0.1) is 19.0 Å². The Morgan fingerprint density at radius 1 is 1.24 bits per heavy atom. The molecule has 0 bridgehead atoms. The highest BCUT2D eigenvalue weighted by atomic mass is 16.5. The van der Waals surface area contributed by atoms with Gasteiger partial charge >= 0.3 is 0 Å². The molecule has 0 radical (unpaired) electrons. The van der Waals surface area contributed by atoms with E-state index < -0.39 is 0 Å². The van der Waals surface area contributed by atoms with Crippen LogP contribution in [0.1, 0.15) is 5.56 Å². The number of amides is 1. The predicted molar refractivity (Wildman–Crippen MR) is 88.8 cm³/mol. The Morgan fingerprint density at radius 2 is 2.04 bits per heavy atom. The van der Waals surface area contributed by atoms with Crippen LogP contribution in [0.4, 0.5) is 0 Å². The number of aromatic nitrogens is 3. The fraction of sp³-hybridized carbons (Fsp3) is 0.176. The number of hydrogen-bond donors (Lipinski definition) is 1. The Bertz CT molecular complexity index is 901. The minimum atomic E-state index is -0.350. The average Bonchev–Trinajstić information content (AvgIpc) is 3.15. The zero-order valence-corrected chi connectivity index (χ0v) is 13.5. The Morgan fingerprint density at radius 3 is 2.72 bits per heavy atom. The van der Waals surface area contributed by atoms with Gasteiger partial charge in [0.15, 0.2) is 0 Å². The normalized spacial score (nSPS) is 10.4. The highest BCUT2D eigenvalue weighted by molar-refractivity contribution is 5.75. The lowest BCUT2D eigenvalue weighted by Crippen LogP contribution is -2.33. The maximum Gasteiger partial charge on any atom is 0.267 e. The monoisotopic (exact) mass is 340 g/mol. The van der Waals surface area contributed by atoms with E-state index in [0.717, 1.165) is 21.6 Å². The first kappa shape index (κ1) is 16.4. The van der Waals surface area contributed by atoms with Crippen LogP contribution in [0.5, 0.6) is 5.75 Å². The molecule has 0 aliphatic carbocycles. The molecule has 1 aromatic carbocycles. The minimum Gasteiger partial charge on any atom is -0.497 e. The van der Waals surface area contributed by atoms with Gasteiger partial charge in [0.25, 0.3) is 5.56 Å². The highest BCUT2D eigenvalue weighted by Gasteiger charge is 2.08. The fourth-order valence-corrected chi connectivity index (χ4v) is 2.18. The average molecular weight is 340 g/mol. The molecule has 0 aliphatic rings. The summed E-state index contributed by atoms with van der Waals surface area (Å²) in [7, 11) is 1.59. The van der Waals surface area contributed by atoms with Crippen molar-refractivity contribution in [3.63, 3.8) is 0 Å². The molecule has 0 spiro atoms. The first-order chi connectivity index (χ1) is 12.2. The minimum absolute atomic E-state index is 0.173. The van der Waals surface area contributed by atoms with Crippen molar-refractivity contribution in [1.82, 2.24) is 20.3 Å². The van der Waals surface area contributed by atoms with Crippen molar-refractivity contribution in [3.8, 4) is 17.0 Å². The van der Waals surface area contributed by atoms with E-state index in [9.17, 15) is 9.59 Å². The topological polar surface area (TPSA) is 99.2 Å². The van der Waals surface area contributed by atoms with E-state index in [4.69, 9.17) is 4.74 Å². The molecule has 2 heterocycles. The quantitative estimate of drug-likeness (QED) is 0.724. The molecule has 25 heavy (non-hydrogen) atoms. The molecular weight excluding hydrogens is 324 g/mol. The van der Waals surface area contributed by atoms with Gasteiger partial charge in [-0.05, 0) is 30.3 Å². The summed E-state index contributed by atoms with van der Waals surface area (Å²) < 4.78 is 10.9. The van der Waals surface area contributed by atoms with E-state index in [-0.39, 0.29) is 24.6 Å². The first-order valence-corrected chi connectivity index (χ1v) is 7.53. The number of rotatable bonds is 6. The number of methoxy groups -OCH3 is 1. The lowest BCUT2D eigenvalue weighted by molar-refractivity contribution is -0.122. The van der Waals surface area contributed by atoms with Gasteiger partial charge in [-0.1, -0.05) is 5.16 Å². The maximum absolute atomic E-state index is 12.0. The van der Waals surface area contributed by atoms with Crippen LogP contribution < -0.4 is 15.6 Å². The summed E-state index contributed by atoms with van der Waals surface area (Å²) in [5.74, 6) is 0.396. The number of carbonyl (C=O) groups is 1. The zero-order valence-electron chi connectivity index (χ0n) is 13.5. The molecule has 8 heteroatoms. The Kier molecular flexibility index (Phi) is 4.89. The van der Waals surface area contributed by atoms with Gasteiger partial charge < -0.3 is 14.6 Å². The summed E-state index contributed by atoms with van der Waals surface area (Å²) in [6.45, 7) is 0.101. The first-order valence-electron chi connectivity index (χ1n) is 7.53. The predicted octanol–water partition coefficient (Wildman–Crippen LogP) is 1.22. The third-order valence-corrected chi connectivity index (χ3v) is 3.52. The van der Waals surface area contributed by atoms with Crippen LogP contribution in [-0.4, -0.2) is 28.0 Å². The third-order valence-electron chi connectivity index (χ3n) is 3.52. The molecule has 1 N–H and O–H groups in total. The number of nitrogens with one attached hydrogen (secondary N) is 1. The summed E-state index contributed by atoms with van der Waals surface area (Å²) in [6.07, 6.45) is 2.95. The molecule has 0 unspecified atom stereocenters. The smallest absolute Gasteiger partial charge is 0.267 e. The summed E-state index contributed by atoms with van der Waals surface area (Å²) >= 11 is 0. The molecule has 0 saturated heterocycles. The van der Waals surface area contributed by atoms with Crippen LogP contribution in [0.3, 0.4) is 0 Å². The molecule has 8 nitrogen and oxygen atoms in total. The summed E-state index contributed by atoms with van der Waals surface area (Å²) in [5, 5.41) is 10.5. The van der Waals surface area contributed by atoms with Crippen molar-refractivity contribution in [2.75, 3.05) is 7.11 Å². The molecular formula is C17H16N4O4. The third kappa shape index (κ3) is 4.11. The Labute approximate surface area is 143 Å². The number of hydrogen-bond acceptors (Lipinski definition) is 6. The molecule has 0 fully saturated rings. The van der Waals surface area contributed by atoms with Gasteiger partial charge in [0.1, 0.15) is 18.6 Å². The molecule has 2 aromatic heterocycles. The van der Waals surface area contributed by atoms with E-state index in [1.54, 1.807) is 25.3 Å². The van der Waals surface area contributed by atoms with Crippen molar-refractivity contribution in [2.24, 2.45) is 0 Å². The van der Waals surface area contributed by atoms with Gasteiger partial charge in [0, 0.05) is 23.7 Å². The fourth-order valence-electron chi connectivity index (χ4n) is 2.18. The number of nitrogens with zero attached hydrogens (tertiary/aromatic N) is 3. The molecule has 0 aliphatic heterocycles. The molecule has 0 saturated carbocycles. The molecule has 3 rings (SSSR count). The van der Waals surface area contributed by atoms with Crippen molar-refractivity contribution in [3.05, 3.63) is 64.8 Å². The van der Waals surface area contributed by atoms with E-state index in [2.05, 4.69) is 20.1 Å². The van der Waals surface area contributed by atoms with E-state index >= 15 is 0 Å². The SMILES string of the molecule is COc1ccc(-c2ccc(=O)n(CC(=O)NCc3cnoc3)n2)cc1. The van der Waals surface area contributed by atoms with Gasteiger partial charge in [-0.15, -0.1) is 0 Å². The van der Waals surface area contributed by atoms with Gasteiger partial charge in [-0.3, -0.25) is 9.59 Å². The maximum atomic E-state index is 12.0. The lowest BCUT2D eigenvalue weighted by Gasteiger charge is -2.08. The van der Waals surface area contributed by atoms with Crippen molar-refractivity contribution < 1.29 is 14.1 Å². The van der Waals surface area contributed by atoms with Gasteiger partial charge in [0.2, 0.25) is 5.91 Å². The lowest BCUT2D eigenvalue weighted by atomic mass is 10.1. The van der Waals surface area contributed by atoms with E-state index in [0.29, 0.717) is 5.69 Å². The van der Waals surface area contributed by atoms with Crippen LogP contribution in [0.2, 0.25) is 0 Å². The van der Waals surface area contributed by atoms with Crippen molar-refractivity contribution in [1.29, 1.82) is 0 Å². The second-order valence-corrected chi connectivity index (χ2v) is 5.25. The largest absolute Gasteiger partial charge is 0.497 e. The highest BCUT2D eigenvalue weighted by Crippen LogP contribution is 2.19. The van der Waals surface area contributed by atoms with Gasteiger partial charge in [-0.25, -0.2) is 4.68 Å². The summed E-state index contributed by atoms with van der Waals surface area (Å²) in [4.78, 5) is 24.0. The van der Waals surface area contributed by atoms with Crippen LogP contribution >= 0.6 is 0 Å². The second-order valence-electron chi connectivity index (χ2n) is 5.25. The summed E-state index contributed by atoms with van der Waals surface area (Å²) in [6, 6.07) is 10.3. The molecule has 0 atom stereocenters. The second kappa shape index (κ2) is 7.43. The van der Waals surface area contributed by atoms with E-state index in [1.165, 1.54) is 18.5 Å². The standard InChI is InChI=1S/C17H16N4O4/c1-24-14-4-2-13(3-5-14)15-6-7-17(23)21(20-15)10-16(22)18-8-12-9-19-25-11-12/h2-7,9,11H,8,10H2,1H3,(H,18,22). The molecule has 3 aromatic rings. The van der Waals surface area contributed by atoms with Crippen molar-refractivity contribution in [2.45, 2.75) is 13.1 Å². The van der Waals surface area contributed by atoms with E-state index in [1.807, 2.05) is 12.1 Å². The Hall–Kier alpha value is -3.42. The zero-order chi connectivity index (χ0) is 17.6. The number of benzene rings is 1. The summed E-state index contributed by atoms with van der Waals surface area (Å²) in [5.41, 5.74) is 1.80. The van der Waals surface area contributed by atoms with Crippen LogP contribution in [-0.2, 0) is 17.9 Å². The van der Waals surface area contributed by atoms with Crippen LogP contribution in [0.25, 0.3) is 11.3 Å². The number of carbonyl (C=O) groups excluding carboxylic acids is 1. The molecule has 128 valence electrons. The van der Waals surface area contributed by atoms with Crippen LogP contribution in [0.15, 0.2) is 58.2 Å².